The lowest BCUT2D eigenvalue weighted by atomic mass is 9.96. The minimum Gasteiger partial charge on any atom is -0.506 e. The summed E-state index contributed by atoms with van der Waals surface area (Å²) in [4.78, 5) is 11.3. The van der Waals surface area contributed by atoms with Gasteiger partial charge in [-0.15, -0.1) is 0 Å². The first-order valence-electron chi connectivity index (χ1n) is 10.9. The highest BCUT2D eigenvalue weighted by Gasteiger charge is 2.43. The third-order valence-corrected chi connectivity index (χ3v) is 6.47. The molecule has 4 aromatic rings. The van der Waals surface area contributed by atoms with Crippen molar-refractivity contribution in [1.82, 2.24) is 19.9 Å². The van der Waals surface area contributed by atoms with Crippen molar-refractivity contribution in [2.24, 2.45) is 0 Å². The number of hydrogen-bond acceptors (Lipinski definition) is 4. The molecule has 1 aromatic carbocycles. The van der Waals surface area contributed by atoms with Crippen LogP contribution in [0.25, 0.3) is 5.82 Å². The van der Waals surface area contributed by atoms with E-state index >= 15 is 0 Å². The summed E-state index contributed by atoms with van der Waals surface area (Å²) >= 11 is 5.78. The number of nitrogens with one attached hydrogen (secondary N) is 1. The molecule has 0 radical (unpaired) electrons. The van der Waals surface area contributed by atoms with Gasteiger partial charge in [0.1, 0.15) is 11.6 Å². The van der Waals surface area contributed by atoms with Gasteiger partial charge < -0.3 is 19.9 Å². The first-order chi connectivity index (χ1) is 16.0. The first-order valence-corrected chi connectivity index (χ1v) is 11.3. The molecule has 1 fully saturated rings. The van der Waals surface area contributed by atoms with Gasteiger partial charge in [0.15, 0.2) is 5.11 Å². The summed E-state index contributed by atoms with van der Waals surface area (Å²) in [5.74, 6) is 1.06. The van der Waals surface area contributed by atoms with Gasteiger partial charge in [-0.2, -0.15) is 0 Å². The van der Waals surface area contributed by atoms with Crippen LogP contribution >= 0.6 is 12.2 Å². The fraction of sp³-hybridized carbons (Fsp3) is 0.192. The molecule has 0 aliphatic carbocycles. The van der Waals surface area contributed by atoms with Crippen LogP contribution in [-0.4, -0.2) is 24.8 Å². The van der Waals surface area contributed by atoms with Gasteiger partial charge in [-0.3, -0.25) is 4.98 Å². The van der Waals surface area contributed by atoms with Crippen molar-refractivity contribution in [1.29, 1.82) is 0 Å². The number of pyridine rings is 2. The Hall–Kier alpha value is -3.71. The molecule has 0 saturated carbocycles. The minimum atomic E-state index is -0.203. The monoisotopic (exact) mass is 455 g/mol. The summed E-state index contributed by atoms with van der Waals surface area (Å²) in [5.41, 5.74) is 5.92. The van der Waals surface area contributed by atoms with Crippen molar-refractivity contribution in [2.45, 2.75) is 32.9 Å². The molecule has 7 heteroatoms. The van der Waals surface area contributed by atoms with E-state index in [1.165, 1.54) is 0 Å². The second-order valence-electron chi connectivity index (χ2n) is 8.34. The van der Waals surface area contributed by atoms with Crippen molar-refractivity contribution < 1.29 is 5.11 Å². The maximum Gasteiger partial charge on any atom is 0.174 e. The van der Waals surface area contributed by atoms with E-state index in [0.717, 1.165) is 34.0 Å². The van der Waals surface area contributed by atoms with Crippen molar-refractivity contribution in [3.8, 4) is 11.6 Å². The van der Waals surface area contributed by atoms with Gasteiger partial charge >= 0.3 is 0 Å². The zero-order chi connectivity index (χ0) is 23.1. The number of aromatic nitrogens is 3. The molecule has 1 aliphatic heterocycles. The van der Waals surface area contributed by atoms with Crippen LogP contribution in [-0.2, 0) is 0 Å². The number of phenols is 1. The van der Waals surface area contributed by atoms with E-state index in [9.17, 15) is 5.11 Å². The molecule has 0 bridgehead atoms. The number of nitrogens with zero attached hydrogens (tertiary/aromatic N) is 4. The van der Waals surface area contributed by atoms with Gasteiger partial charge in [-0.1, -0.05) is 24.3 Å². The Balaban J connectivity index is 1.69. The standard InChI is InChI=1S/C26H25N5OS/c1-16-11-12-23(28-15-16)30-17(2)14-19(18(30)3)25-24(20-8-6-7-13-27-20)29-26(33)31(25)21-9-4-5-10-22(21)32/h4-15,24-25,32H,1-3H3,(H,29,33). The Kier molecular flexibility index (Phi) is 5.34. The molecule has 0 amide bonds. The van der Waals surface area contributed by atoms with Gasteiger partial charge in [0.25, 0.3) is 0 Å². The molecule has 2 N–H and O–H groups in total. The maximum absolute atomic E-state index is 10.7. The molecular formula is C26H25N5OS. The largest absolute Gasteiger partial charge is 0.506 e. The molecule has 33 heavy (non-hydrogen) atoms. The quantitative estimate of drug-likeness (QED) is 0.419. The number of aromatic hydroxyl groups is 1. The maximum atomic E-state index is 10.7. The average Bonchev–Trinajstić information content (AvgIpc) is 3.31. The summed E-state index contributed by atoms with van der Waals surface area (Å²) < 4.78 is 2.16. The molecule has 1 aliphatic rings. The van der Waals surface area contributed by atoms with Gasteiger partial charge in [0.05, 0.1) is 23.5 Å². The lowest BCUT2D eigenvalue weighted by molar-refractivity contribution is 0.472. The molecular weight excluding hydrogens is 430 g/mol. The molecule has 4 heterocycles. The molecule has 5 rings (SSSR count). The highest BCUT2D eigenvalue weighted by Crippen LogP contribution is 2.45. The smallest absolute Gasteiger partial charge is 0.174 e. The van der Waals surface area contributed by atoms with Crippen LogP contribution < -0.4 is 10.2 Å². The molecule has 166 valence electrons. The van der Waals surface area contributed by atoms with Gasteiger partial charge in [0, 0.05) is 23.8 Å². The molecule has 1 saturated heterocycles. The van der Waals surface area contributed by atoms with Crippen LogP contribution in [0, 0.1) is 20.8 Å². The van der Waals surface area contributed by atoms with Crippen molar-refractivity contribution in [3.05, 3.63) is 101 Å². The lowest BCUT2D eigenvalue weighted by Gasteiger charge is -2.28. The van der Waals surface area contributed by atoms with E-state index in [2.05, 4.69) is 45.8 Å². The zero-order valence-corrected chi connectivity index (χ0v) is 19.5. The van der Waals surface area contributed by atoms with E-state index in [4.69, 9.17) is 12.2 Å². The van der Waals surface area contributed by atoms with Crippen LogP contribution in [0.1, 0.15) is 40.3 Å². The number of thiocarbonyl (C=S) groups is 1. The first kappa shape index (κ1) is 21.2. The van der Waals surface area contributed by atoms with E-state index in [0.29, 0.717) is 10.8 Å². The van der Waals surface area contributed by atoms with Crippen LogP contribution in [0.15, 0.2) is 73.1 Å². The SMILES string of the molecule is Cc1ccc(-n2c(C)cc(C3C(c4ccccn4)NC(=S)N3c3ccccc3O)c2C)nc1. The Morgan fingerprint density at radius 2 is 1.76 bits per heavy atom. The number of phenolic OH excluding ortho intramolecular Hbond substituents is 1. The molecule has 0 spiro atoms. The summed E-state index contributed by atoms with van der Waals surface area (Å²) in [6, 6.07) is 19.1. The van der Waals surface area contributed by atoms with Crippen LogP contribution in [0.2, 0.25) is 0 Å². The van der Waals surface area contributed by atoms with Crippen molar-refractivity contribution >= 4 is 23.0 Å². The second-order valence-corrected chi connectivity index (χ2v) is 8.73. The van der Waals surface area contributed by atoms with E-state index in [1.54, 1.807) is 12.3 Å². The minimum absolute atomic E-state index is 0.182. The number of benzene rings is 1. The zero-order valence-electron chi connectivity index (χ0n) is 18.7. The molecule has 2 atom stereocenters. The predicted octanol–water partition coefficient (Wildman–Crippen LogP) is 5.08. The molecule has 6 nitrogen and oxygen atoms in total. The topological polar surface area (TPSA) is 66.2 Å². The third-order valence-electron chi connectivity index (χ3n) is 6.15. The van der Waals surface area contributed by atoms with Gasteiger partial charge in [-0.05, 0) is 80.5 Å². The van der Waals surface area contributed by atoms with Gasteiger partial charge in [0.2, 0.25) is 0 Å². The van der Waals surface area contributed by atoms with Crippen molar-refractivity contribution in [2.75, 3.05) is 4.90 Å². The Morgan fingerprint density at radius 1 is 0.970 bits per heavy atom. The summed E-state index contributed by atoms with van der Waals surface area (Å²) in [6.45, 7) is 6.22. The van der Waals surface area contributed by atoms with Crippen LogP contribution in [0.5, 0.6) is 5.75 Å². The van der Waals surface area contributed by atoms with Crippen molar-refractivity contribution in [3.63, 3.8) is 0 Å². The summed E-state index contributed by atoms with van der Waals surface area (Å²) in [7, 11) is 0. The Morgan fingerprint density at radius 3 is 2.45 bits per heavy atom. The normalized spacial score (nSPS) is 17.9. The average molecular weight is 456 g/mol. The number of hydrogen-bond donors (Lipinski definition) is 2. The van der Waals surface area contributed by atoms with Gasteiger partial charge in [-0.25, -0.2) is 4.98 Å². The summed E-state index contributed by atoms with van der Waals surface area (Å²) in [5, 5.41) is 14.7. The van der Waals surface area contributed by atoms with E-state index in [1.807, 2.05) is 60.5 Å². The van der Waals surface area contributed by atoms with E-state index in [-0.39, 0.29) is 17.8 Å². The van der Waals surface area contributed by atoms with Crippen LogP contribution in [0.3, 0.4) is 0 Å². The Bertz CT molecular complexity index is 1320. The predicted molar refractivity (Wildman–Crippen MR) is 134 cm³/mol. The number of rotatable bonds is 4. The van der Waals surface area contributed by atoms with E-state index < -0.39 is 0 Å². The number of para-hydroxylation sites is 2. The number of anilines is 1. The molecule has 3 aromatic heterocycles. The fourth-order valence-corrected chi connectivity index (χ4v) is 4.97. The Labute approximate surface area is 198 Å². The fourth-order valence-electron chi connectivity index (χ4n) is 4.63. The molecule has 2 unspecified atom stereocenters. The lowest BCUT2D eigenvalue weighted by Crippen LogP contribution is -2.29. The highest BCUT2D eigenvalue weighted by molar-refractivity contribution is 7.80. The summed E-state index contributed by atoms with van der Waals surface area (Å²) in [6.07, 6.45) is 3.67. The third kappa shape index (κ3) is 3.64. The van der Waals surface area contributed by atoms with Crippen LogP contribution in [0.4, 0.5) is 5.69 Å². The highest BCUT2D eigenvalue weighted by atomic mass is 32.1. The second kappa shape index (κ2) is 8.33. The number of aryl methyl sites for hydroxylation is 2.